The van der Waals surface area contributed by atoms with Crippen LogP contribution in [0.2, 0.25) is 0 Å². The molecule has 12 heavy (non-hydrogen) atoms. The Morgan fingerprint density at radius 1 is 1.33 bits per heavy atom. The molecule has 1 aromatic rings. The van der Waals surface area contributed by atoms with E-state index >= 15 is 0 Å². The monoisotopic (exact) mass is 177 g/mol. The van der Waals surface area contributed by atoms with Gasteiger partial charge >= 0.3 is 6.36 Å². The van der Waals surface area contributed by atoms with Gasteiger partial charge < -0.3 is 0 Å². The Hall–Kier alpha value is -1.17. The Kier molecular flexibility index (Phi) is 2.59. The molecular weight excluding hydrogens is 173 g/mol. The van der Waals surface area contributed by atoms with E-state index in [2.05, 4.69) is 20.8 Å². The van der Waals surface area contributed by atoms with E-state index in [1.807, 2.05) is 0 Å². The molecule has 1 aromatic heterocycles. The van der Waals surface area contributed by atoms with Crippen LogP contribution in [-0.4, -0.2) is 16.3 Å². The van der Waals surface area contributed by atoms with Crippen molar-refractivity contribution in [2.45, 2.75) is 13.0 Å². The maximum Gasteiger partial charge on any atom is 0.522 e. The highest BCUT2D eigenvalue weighted by Crippen LogP contribution is 2.17. The number of hydrogen-bond acceptors (Lipinski definition) is 3. The first-order valence-electron chi connectivity index (χ1n) is 2.95. The quantitative estimate of drug-likeness (QED) is 0.683. The zero-order valence-corrected chi connectivity index (χ0v) is 5.80. The van der Waals surface area contributed by atoms with Gasteiger partial charge in [-0.1, -0.05) is 0 Å². The van der Waals surface area contributed by atoms with Crippen molar-refractivity contribution < 1.29 is 17.9 Å². The number of aromatic nitrogens is 2. The maximum atomic E-state index is 11.5. The molecule has 0 saturated heterocycles. The lowest BCUT2D eigenvalue weighted by molar-refractivity contribution is -0.331. The van der Waals surface area contributed by atoms with Gasteiger partial charge in [0, 0.05) is 18.5 Å². The second kappa shape index (κ2) is 3.48. The van der Waals surface area contributed by atoms with Crippen molar-refractivity contribution in [2.75, 3.05) is 0 Å². The molecule has 0 aliphatic carbocycles. The average Bonchev–Trinajstić information content (AvgIpc) is 2.02. The summed E-state index contributed by atoms with van der Waals surface area (Å²) in [7, 11) is 0. The van der Waals surface area contributed by atoms with E-state index in [0.717, 1.165) is 0 Å². The molecule has 6 heteroatoms. The van der Waals surface area contributed by atoms with Crippen molar-refractivity contribution in [1.82, 2.24) is 9.97 Å². The molecule has 0 aliphatic rings. The van der Waals surface area contributed by atoms with Crippen LogP contribution in [0.5, 0.6) is 0 Å². The van der Waals surface area contributed by atoms with Crippen molar-refractivity contribution in [1.29, 1.82) is 0 Å². The van der Waals surface area contributed by atoms with E-state index in [-0.39, 0.29) is 5.82 Å². The summed E-state index contributed by atoms with van der Waals surface area (Å²) in [6.45, 7) is -0.668. The molecule has 0 unspecified atom stereocenters. The lowest BCUT2D eigenvalue weighted by atomic mass is 10.6. The van der Waals surface area contributed by atoms with Gasteiger partial charge in [-0.2, -0.15) is 0 Å². The summed E-state index contributed by atoms with van der Waals surface area (Å²) in [5.74, 6) is -0.0222. The molecule has 0 N–H and O–H groups in total. The summed E-state index contributed by atoms with van der Waals surface area (Å²) in [5.41, 5.74) is 0. The highest BCUT2D eigenvalue weighted by atomic mass is 19.4. The van der Waals surface area contributed by atoms with Crippen LogP contribution < -0.4 is 0 Å². The fraction of sp³-hybridized carbons (Fsp3) is 0.333. The first-order valence-corrected chi connectivity index (χ1v) is 2.95. The Morgan fingerprint density at radius 2 is 1.92 bits per heavy atom. The van der Waals surface area contributed by atoms with Crippen LogP contribution in [0.1, 0.15) is 5.82 Å². The lowest BCUT2D eigenvalue weighted by Crippen LogP contribution is -2.14. The predicted molar refractivity (Wildman–Crippen MR) is 31.7 cm³/mol. The van der Waals surface area contributed by atoms with Gasteiger partial charge in [0.25, 0.3) is 0 Å². The highest BCUT2D eigenvalue weighted by molar-refractivity contribution is 4.84. The van der Waals surface area contributed by atoms with Crippen molar-refractivity contribution in [3.05, 3.63) is 24.3 Å². The van der Waals surface area contributed by atoms with Crippen LogP contribution in [-0.2, 0) is 11.3 Å². The zero-order chi connectivity index (χ0) is 9.03. The SMILES string of the molecule is FC(F)(F)OCc1nc[c]cn1. The standard InChI is InChI=1S/C6H4F3N2O/c7-6(8,9)12-4-5-10-2-1-3-11-5/h2-3H,4H2. The fourth-order valence-corrected chi connectivity index (χ4v) is 0.511. The summed E-state index contributed by atoms with van der Waals surface area (Å²) in [6, 6.07) is 2.47. The first-order chi connectivity index (χ1) is 5.58. The van der Waals surface area contributed by atoms with Gasteiger partial charge in [0.05, 0.1) is 0 Å². The van der Waals surface area contributed by atoms with Gasteiger partial charge in [-0.3, -0.25) is 4.74 Å². The molecule has 3 nitrogen and oxygen atoms in total. The largest absolute Gasteiger partial charge is 0.522 e. The van der Waals surface area contributed by atoms with Gasteiger partial charge in [-0.15, -0.1) is 13.2 Å². The normalized spacial score (nSPS) is 11.6. The van der Waals surface area contributed by atoms with Crippen LogP contribution in [0.3, 0.4) is 0 Å². The molecule has 0 atom stereocenters. The van der Waals surface area contributed by atoms with Crippen molar-refractivity contribution >= 4 is 0 Å². The molecule has 0 aliphatic heterocycles. The molecule has 0 fully saturated rings. The molecule has 1 heterocycles. The van der Waals surface area contributed by atoms with Crippen molar-refractivity contribution in [2.24, 2.45) is 0 Å². The first kappa shape index (κ1) is 8.92. The van der Waals surface area contributed by atoms with Crippen LogP contribution in [0.4, 0.5) is 13.2 Å². The zero-order valence-electron chi connectivity index (χ0n) is 5.80. The lowest BCUT2D eigenvalue weighted by Gasteiger charge is -2.04. The third-order valence-corrected chi connectivity index (χ3v) is 0.941. The molecule has 1 radical (unpaired) electrons. The van der Waals surface area contributed by atoms with E-state index in [1.54, 1.807) is 0 Å². The Morgan fingerprint density at radius 3 is 2.42 bits per heavy atom. The van der Waals surface area contributed by atoms with Crippen molar-refractivity contribution in [3.8, 4) is 0 Å². The summed E-state index contributed by atoms with van der Waals surface area (Å²) in [4.78, 5) is 6.98. The molecule has 0 bridgehead atoms. The number of ether oxygens (including phenoxy) is 1. The van der Waals surface area contributed by atoms with E-state index in [4.69, 9.17) is 0 Å². The van der Waals surface area contributed by atoms with Crippen molar-refractivity contribution in [3.63, 3.8) is 0 Å². The van der Waals surface area contributed by atoms with Gasteiger partial charge in [0.2, 0.25) is 0 Å². The van der Waals surface area contributed by atoms with Gasteiger partial charge in [-0.05, 0) is 0 Å². The third-order valence-electron chi connectivity index (χ3n) is 0.941. The van der Waals surface area contributed by atoms with Gasteiger partial charge in [0.1, 0.15) is 6.61 Å². The summed E-state index contributed by atoms with van der Waals surface area (Å²) >= 11 is 0. The maximum absolute atomic E-state index is 11.5. The third kappa shape index (κ3) is 3.29. The molecule has 1 rings (SSSR count). The van der Waals surface area contributed by atoms with Crippen LogP contribution in [0.25, 0.3) is 0 Å². The van der Waals surface area contributed by atoms with Gasteiger partial charge in [0.15, 0.2) is 5.82 Å². The summed E-state index contributed by atoms with van der Waals surface area (Å²) in [6.07, 6.45) is -2.19. The summed E-state index contributed by atoms with van der Waals surface area (Å²) < 4.78 is 37.8. The van der Waals surface area contributed by atoms with E-state index in [0.29, 0.717) is 0 Å². The van der Waals surface area contributed by atoms with Gasteiger partial charge in [-0.25, -0.2) is 9.97 Å². The number of hydrogen-bond donors (Lipinski definition) is 0. The fourth-order valence-electron chi connectivity index (χ4n) is 0.511. The molecule has 65 valence electrons. The van der Waals surface area contributed by atoms with E-state index < -0.39 is 13.0 Å². The Balaban J connectivity index is 2.44. The second-order valence-electron chi connectivity index (χ2n) is 1.83. The molecule has 0 spiro atoms. The second-order valence-corrected chi connectivity index (χ2v) is 1.83. The number of halogens is 3. The molecular formula is C6H4F3N2O. The van der Waals surface area contributed by atoms with Crippen LogP contribution in [0, 0.1) is 6.07 Å². The predicted octanol–water partition coefficient (Wildman–Crippen LogP) is 1.31. The average molecular weight is 177 g/mol. The minimum atomic E-state index is -4.64. The Bertz CT molecular complexity index is 236. The van der Waals surface area contributed by atoms with E-state index in [1.165, 1.54) is 12.4 Å². The minimum Gasteiger partial charge on any atom is -0.284 e. The van der Waals surface area contributed by atoms with E-state index in [9.17, 15) is 13.2 Å². The molecule has 0 aromatic carbocycles. The topological polar surface area (TPSA) is 35.0 Å². The summed E-state index contributed by atoms with van der Waals surface area (Å²) in [5, 5.41) is 0. The molecule has 0 saturated carbocycles. The molecule has 0 amide bonds. The van der Waals surface area contributed by atoms with Crippen LogP contribution >= 0.6 is 0 Å². The number of alkyl halides is 3. The number of nitrogens with zero attached hydrogens (tertiary/aromatic N) is 2. The smallest absolute Gasteiger partial charge is 0.284 e. The highest BCUT2D eigenvalue weighted by Gasteiger charge is 2.29. The minimum absolute atomic E-state index is 0.0222. The number of rotatable bonds is 2. The Labute approximate surface area is 66.2 Å². The van der Waals surface area contributed by atoms with Crippen LogP contribution in [0.15, 0.2) is 12.4 Å².